The molecule has 0 spiro atoms. The van der Waals surface area contributed by atoms with E-state index in [1.165, 1.54) is 25.3 Å². The normalized spacial score (nSPS) is 10.9. The van der Waals surface area contributed by atoms with Crippen LogP contribution in [0.5, 0.6) is 11.5 Å². The number of benzene rings is 2. The molecule has 1 aromatic heterocycles. The van der Waals surface area contributed by atoms with Gasteiger partial charge in [0.15, 0.2) is 23.9 Å². The third-order valence-electron chi connectivity index (χ3n) is 4.06. The Labute approximate surface area is 158 Å². The number of Topliss-reactive ketones (excluding diaryl/α,β-unsaturated/α-hetero) is 1. The standard InChI is InChI=1S/C20H16F2O6/c1-11-12-6-3-4-8-15(12)27-17(11)14(23)10-26-19(24)13-7-5-9-16(25-2)18(13)28-20(21)22/h3-9,20H,10H2,1-2H3. The number of furan rings is 1. The van der Waals surface area contributed by atoms with Gasteiger partial charge < -0.3 is 18.6 Å². The molecule has 0 aliphatic rings. The molecule has 0 amide bonds. The zero-order chi connectivity index (χ0) is 20.3. The number of ketones is 1. The van der Waals surface area contributed by atoms with Crippen LogP contribution in [0.15, 0.2) is 46.9 Å². The summed E-state index contributed by atoms with van der Waals surface area (Å²) in [6.07, 6.45) is 0. The van der Waals surface area contributed by atoms with E-state index in [-0.39, 0.29) is 17.1 Å². The first-order chi connectivity index (χ1) is 13.4. The van der Waals surface area contributed by atoms with Crippen LogP contribution in [0.3, 0.4) is 0 Å². The summed E-state index contributed by atoms with van der Waals surface area (Å²) < 4.78 is 45.2. The van der Waals surface area contributed by atoms with Gasteiger partial charge in [-0.2, -0.15) is 8.78 Å². The van der Waals surface area contributed by atoms with Crippen molar-refractivity contribution in [3.63, 3.8) is 0 Å². The van der Waals surface area contributed by atoms with Gasteiger partial charge in [-0.15, -0.1) is 0 Å². The van der Waals surface area contributed by atoms with Crippen LogP contribution in [0.25, 0.3) is 11.0 Å². The summed E-state index contributed by atoms with van der Waals surface area (Å²) in [7, 11) is 1.25. The van der Waals surface area contributed by atoms with Gasteiger partial charge in [-0.1, -0.05) is 24.3 Å². The summed E-state index contributed by atoms with van der Waals surface area (Å²) >= 11 is 0. The van der Waals surface area contributed by atoms with Gasteiger partial charge in [0, 0.05) is 10.9 Å². The largest absolute Gasteiger partial charge is 0.493 e. The molecule has 0 N–H and O–H groups in total. The Balaban J connectivity index is 1.78. The van der Waals surface area contributed by atoms with E-state index in [9.17, 15) is 18.4 Å². The van der Waals surface area contributed by atoms with E-state index in [1.54, 1.807) is 25.1 Å². The number of hydrogen-bond acceptors (Lipinski definition) is 6. The van der Waals surface area contributed by atoms with Gasteiger partial charge in [0.1, 0.15) is 11.1 Å². The van der Waals surface area contributed by atoms with Crippen LogP contribution in [0.2, 0.25) is 0 Å². The molecule has 6 nitrogen and oxygen atoms in total. The SMILES string of the molecule is COc1cccc(C(=O)OCC(=O)c2oc3ccccc3c2C)c1OC(F)F. The van der Waals surface area contributed by atoms with Crippen LogP contribution in [-0.4, -0.2) is 32.1 Å². The molecule has 28 heavy (non-hydrogen) atoms. The van der Waals surface area contributed by atoms with Gasteiger partial charge in [-0.3, -0.25) is 4.79 Å². The van der Waals surface area contributed by atoms with Crippen molar-refractivity contribution >= 4 is 22.7 Å². The fourth-order valence-corrected chi connectivity index (χ4v) is 2.76. The summed E-state index contributed by atoms with van der Waals surface area (Å²) in [5, 5.41) is 0.776. The Morgan fingerprint density at radius 1 is 1.11 bits per heavy atom. The fraction of sp³-hybridized carbons (Fsp3) is 0.200. The highest BCUT2D eigenvalue weighted by atomic mass is 19.3. The maximum Gasteiger partial charge on any atom is 0.387 e. The maximum atomic E-state index is 12.7. The van der Waals surface area contributed by atoms with Crippen molar-refractivity contribution in [1.82, 2.24) is 0 Å². The molecule has 2 aromatic carbocycles. The van der Waals surface area contributed by atoms with Crippen molar-refractivity contribution in [2.24, 2.45) is 0 Å². The molecule has 146 valence electrons. The number of alkyl halides is 2. The first-order valence-corrected chi connectivity index (χ1v) is 8.22. The lowest BCUT2D eigenvalue weighted by molar-refractivity contribution is -0.0518. The summed E-state index contributed by atoms with van der Waals surface area (Å²) in [5.41, 5.74) is 0.878. The third kappa shape index (κ3) is 3.80. The predicted octanol–water partition coefficient (Wildman–Crippen LogP) is 4.39. The van der Waals surface area contributed by atoms with Gasteiger partial charge in [0.05, 0.1) is 7.11 Å². The van der Waals surface area contributed by atoms with Crippen molar-refractivity contribution in [2.45, 2.75) is 13.5 Å². The van der Waals surface area contributed by atoms with Crippen molar-refractivity contribution in [1.29, 1.82) is 0 Å². The lowest BCUT2D eigenvalue weighted by Crippen LogP contribution is -2.16. The Hall–Kier alpha value is -3.42. The molecule has 0 unspecified atom stereocenters. The van der Waals surface area contributed by atoms with Crippen molar-refractivity contribution < 1.29 is 37.0 Å². The number of fused-ring (bicyclic) bond motifs is 1. The van der Waals surface area contributed by atoms with Crippen LogP contribution >= 0.6 is 0 Å². The summed E-state index contributed by atoms with van der Waals surface area (Å²) in [6.45, 7) is -2.06. The highest BCUT2D eigenvalue weighted by molar-refractivity contribution is 6.02. The average Bonchev–Trinajstić information content (AvgIpc) is 3.02. The molecular formula is C20H16F2O6. The van der Waals surface area contributed by atoms with Crippen LogP contribution in [0.1, 0.15) is 26.5 Å². The second-order valence-corrected chi connectivity index (χ2v) is 5.77. The molecule has 0 aliphatic carbocycles. The highest BCUT2D eigenvalue weighted by Gasteiger charge is 2.24. The molecule has 0 aliphatic heterocycles. The minimum atomic E-state index is -3.16. The number of esters is 1. The van der Waals surface area contributed by atoms with E-state index in [4.69, 9.17) is 13.9 Å². The number of para-hydroxylation sites is 2. The number of carbonyl (C=O) groups is 2. The molecule has 0 fully saturated rings. The van der Waals surface area contributed by atoms with Crippen molar-refractivity contribution in [3.8, 4) is 11.5 Å². The number of ether oxygens (including phenoxy) is 3. The molecular weight excluding hydrogens is 374 g/mol. The number of carbonyl (C=O) groups excluding carboxylic acids is 2. The van der Waals surface area contributed by atoms with Crippen LogP contribution in [0.4, 0.5) is 8.78 Å². The lowest BCUT2D eigenvalue weighted by atomic mass is 10.1. The van der Waals surface area contributed by atoms with Crippen LogP contribution in [-0.2, 0) is 4.74 Å². The number of rotatable bonds is 7. The van der Waals surface area contributed by atoms with Gasteiger partial charge >= 0.3 is 12.6 Å². The Kier molecular flexibility index (Phi) is 5.58. The van der Waals surface area contributed by atoms with E-state index >= 15 is 0 Å². The smallest absolute Gasteiger partial charge is 0.387 e. The summed E-state index contributed by atoms with van der Waals surface area (Å²) in [6, 6.07) is 11.1. The second kappa shape index (κ2) is 8.08. The average molecular weight is 390 g/mol. The zero-order valence-corrected chi connectivity index (χ0v) is 15.0. The number of halogens is 2. The molecule has 0 saturated heterocycles. The van der Waals surface area contributed by atoms with Crippen molar-refractivity contribution in [3.05, 3.63) is 59.4 Å². The van der Waals surface area contributed by atoms with E-state index in [2.05, 4.69) is 4.74 Å². The Morgan fingerprint density at radius 2 is 1.86 bits per heavy atom. The quantitative estimate of drug-likeness (QED) is 0.440. The number of hydrogen-bond donors (Lipinski definition) is 0. The van der Waals surface area contributed by atoms with Crippen LogP contribution in [0, 0.1) is 6.92 Å². The Morgan fingerprint density at radius 3 is 2.54 bits per heavy atom. The fourth-order valence-electron chi connectivity index (χ4n) is 2.76. The molecule has 3 rings (SSSR count). The highest BCUT2D eigenvalue weighted by Crippen LogP contribution is 2.33. The third-order valence-corrected chi connectivity index (χ3v) is 4.06. The molecule has 0 saturated carbocycles. The molecule has 1 heterocycles. The number of aryl methyl sites for hydroxylation is 1. The molecule has 0 bridgehead atoms. The van der Waals surface area contributed by atoms with E-state index in [1.807, 2.05) is 6.07 Å². The van der Waals surface area contributed by atoms with Gasteiger partial charge in [0.25, 0.3) is 0 Å². The lowest BCUT2D eigenvalue weighted by Gasteiger charge is -2.13. The maximum absolute atomic E-state index is 12.7. The number of methoxy groups -OCH3 is 1. The van der Waals surface area contributed by atoms with Gasteiger partial charge in [0.2, 0.25) is 5.78 Å². The molecule has 3 aromatic rings. The summed E-state index contributed by atoms with van der Waals surface area (Å²) in [5.74, 6) is -2.01. The first kappa shape index (κ1) is 19.3. The topological polar surface area (TPSA) is 75.0 Å². The van der Waals surface area contributed by atoms with Gasteiger partial charge in [-0.05, 0) is 25.1 Å². The second-order valence-electron chi connectivity index (χ2n) is 5.77. The molecule has 0 atom stereocenters. The van der Waals surface area contributed by atoms with E-state index in [0.717, 1.165) is 5.39 Å². The minimum Gasteiger partial charge on any atom is -0.493 e. The minimum absolute atomic E-state index is 0.0609. The Bertz CT molecular complexity index is 1020. The monoisotopic (exact) mass is 390 g/mol. The molecule has 8 heteroatoms. The van der Waals surface area contributed by atoms with Crippen LogP contribution < -0.4 is 9.47 Å². The predicted molar refractivity (Wildman–Crippen MR) is 95.2 cm³/mol. The van der Waals surface area contributed by atoms with Crippen molar-refractivity contribution in [2.75, 3.05) is 13.7 Å². The summed E-state index contributed by atoms with van der Waals surface area (Å²) in [4.78, 5) is 24.7. The van der Waals surface area contributed by atoms with E-state index in [0.29, 0.717) is 11.1 Å². The molecule has 0 radical (unpaired) electrons. The van der Waals surface area contributed by atoms with E-state index < -0.39 is 30.7 Å². The van der Waals surface area contributed by atoms with Gasteiger partial charge in [-0.25, -0.2) is 4.79 Å². The first-order valence-electron chi connectivity index (χ1n) is 8.22. The zero-order valence-electron chi connectivity index (χ0n) is 15.0.